The van der Waals surface area contributed by atoms with E-state index in [-0.39, 0.29) is 11.5 Å². The van der Waals surface area contributed by atoms with Crippen molar-refractivity contribution in [1.82, 2.24) is 9.88 Å². The van der Waals surface area contributed by atoms with E-state index in [2.05, 4.69) is 138 Å². The predicted octanol–water partition coefficient (Wildman–Crippen LogP) is 9.58. The van der Waals surface area contributed by atoms with Crippen LogP contribution < -0.4 is 15.5 Å². The van der Waals surface area contributed by atoms with Gasteiger partial charge < -0.3 is 20.4 Å². The number of allylic oxidation sites excluding steroid dienone is 3. The summed E-state index contributed by atoms with van der Waals surface area (Å²) in [6, 6.07) is 36.8. The second-order valence-corrected chi connectivity index (χ2v) is 12.9. The fraction of sp³-hybridized carbons (Fsp3) is 0.119. The highest BCUT2D eigenvalue weighted by atomic mass is 15.2. The van der Waals surface area contributed by atoms with Gasteiger partial charge in [0.2, 0.25) is 0 Å². The Bertz CT molecular complexity index is 2120. The molecule has 2 N–H and O–H groups in total. The van der Waals surface area contributed by atoms with Crippen molar-refractivity contribution in [3.8, 4) is 11.1 Å². The van der Waals surface area contributed by atoms with E-state index < -0.39 is 0 Å². The molecule has 3 heterocycles. The van der Waals surface area contributed by atoms with Gasteiger partial charge in [0.1, 0.15) is 0 Å². The first-order chi connectivity index (χ1) is 22.8. The van der Waals surface area contributed by atoms with Gasteiger partial charge in [-0.25, -0.2) is 0 Å². The Kier molecular flexibility index (Phi) is 6.66. The van der Waals surface area contributed by atoms with E-state index >= 15 is 0 Å². The van der Waals surface area contributed by atoms with Crippen LogP contribution >= 0.6 is 0 Å². The van der Waals surface area contributed by atoms with Crippen LogP contribution in [0.5, 0.6) is 0 Å². The number of hydrogen-bond donors (Lipinski definition) is 1. The third-order valence-corrected chi connectivity index (χ3v) is 9.90. The lowest BCUT2D eigenvalue weighted by atomic mass is 9.82. The molecule has 1 aliphatic carbocycles. The average molecular weight is 612 g/mol. The van der Waals surface area contributed by atoms with Crippen LogP contribution in [0.25, 0.3) is 16.8 Å². The molecule has 1 aromatic heterocycles. The number of likely N-dealkylation sites (N-methyl/N-ethyl adjacent to an activating group) is 1. The normalized spacial score (nSPS) is 17.4. The number of pyridine rings is 1. The third-order valence-electron chi connectivity index (χ3n) is 9.90. The van der Waals surface area contributed by atoms with Crippen molar-refractivity contribution < 1.29 is 0 Å². The smallest absolute Gasteiger partial charge is 0.0967 e. The molecule has 8 rings (SSSR count). The molecule has 0 saturated carbocycles. The van der Waals surface area contributed by atoms with E-state index in [4.69, 9.17) is 5.73 Å². The van der Waals surface area contributed by atoms with Crippen LogP contribution in [0.4, 0.5) is 22.7 Å². The van der Waals surface area contributed by atoms with Gasteiger partial charge in [-0.1, -0.05) is 87.2 Å². The van der Waals surface area contributed by atoms with Gasteiger partial charge in [-0.15, -0.1) is 0 Å². The first-order valence-corrected chi connectivity index (χ1v) is 16.0. The maximum atomic E-state index is 7.00. The molecule has 230 valence electrons. The minimum atomic E-state index is -0.127. The maximum Gasteiger partial charge on any atom is 0.0967 e. The molecule has 3 aliphatic rings. The first kappa shape index (κ1) is 28.6. The summed E-state index contributed by atoms with van der Waals surface area (Å²) in [5.41, 5.74) is 21.3. The minimum Gasteiger partial charge on any atom is -0.397 e. The molecule has 0 fully saturated rings. The maximum absolute atomic E-state index is 7.00. The first-order valence-electron chi connectivity index (χ1n) is 16.0. The molecular weight excluding hydrogens is 574 g/mol. The van der Waals surface area contributed by atoms with Crippen LogP contribution in [0.1, 0.15) is 42.1 Å². The van der Waals surface area contributed by atoms with Crippen LogP contribution in [0.2, 0.25) is 0 Å². The molecule has 5 heteroatoms. The topological polar surface area (TPSA) is 48.6 Å². The van der Waals surface area contributed by atoms with E-state index in [0.29, 0.717) is 0 Å². The Morgan fingerprint density at radius 3 is 2.26 bits per heavy atom. The molecule has 2 aliphatic heterocycles. The highest BCUT2D eigenvalue weighted by Gasteiger charge is 2.37. The van der Waals surface area contributed by atoms with Gasteiger partial charge in [0.15, 0.2) is 0 Å². The Morgan fingerprint density at radius 2 is 1.49 bits per heavy atom. The number of aromatic nitrogens is 1. The third kappa shape index (κ3) is 4.50. The van der Waals surface area contributed by atoms with Crippen LogP contribution in [0, 0.1) is 0 Å². The van der Waals surface area contributed by atoms with E-state index in [0.717, 1.165) is 51.0 Å². The second-order valence-electron chi connectivity index (χ2n) is 12.9. The zero-order valence-corrected chi connectivity index (χ0v) is 26.9. The number of fused-ring (bicyclic) bond motifs is 4. The van der Waals surface area contributed by atoms with E-state index in [1.807, 2.05) is 49.0 Å². The summed E-state index contributed by atoms with van der Waals surface area (Å²) in [7, 11) is 2.14. The molecule has 5 nitrogen and oxygen atoms in total. The van der Waals surface area contributed by atoms with Crippen molar-refractivity contribution in [2.45, 2.75) is 25.3 Å². The van der Waals surface area contributed by atoms with Crippen LogP contribution in [0.3, 0.4) is 0 Å². The molecule has 4 aromatic carbocycles. The second kappa shape index (κ2) is 10.9. The van der Waals surface area contributed by atoms with E-state index in [1.54, 1.807) is 0 Å². The van der Waals surface area contributed by atoms with Crippen molar-refractivity contribution in [1.29, 1.82) is 0 Å². The molecule has 5 aromatic rings. The molecule has 47 heavy (non-hydrogen) atoms. The van der Waals surface area contributed by atoms with Gasteiger partial charge in [-0.05, 0) is 82.4 Å². The van der Waals surface area contributed by atoms with Crippen molar-refractivity contribution >= 4 is 28.4 Å². The molecule has 0 amide bonds. The summed E-state index contributed by atoms with van der Waals surface area (Å²) < 4.78 is 0. The zero-order valence-electron chi connectivity index (χ0n) is 26.9. The van der Waals surface area contributed by atoms with Gasteiger partial charge in [-0.3, -0.25) is 4.98 Å². The number of anilines is 4. The molecule has 0 bridgehead atoms. The Hall–Kier alpha value is -5.81. The summed E-state index contributed by atoms with van der Waals surface area (Å²) in [4.78, 5) is 11.2. The summed E-state index contributed by atoms with van der Waals surface area (Å²) in [5, 5.41) is 0. The number of nitrogens with zero attached hydrogens (tertiary/aromatic N) is 4. The van der Waals surface area contributed by atoms with Gasteiger partial charge >= 0.3 is 0 Å². The molecule has 0 spiro atoms. The number of hydrogen-bond acceptors (Lipinski definition) is 5. The molecular formula is C42H37N5. The Morgan fingerprint density at radius 1 is 0.766 bits per heavy atom. The molecule has 0 radical (unpaired) electrons. The molecule has 1 unspecified atom stereocenters. The molecule has 1 atom stereocenters. The van der Waals surface area contributed by atoms with Gasteiger partial charge in [-0.2, -0.15) is 0 Å². The number of para-hydroxylation sites is 1. The zero-order chi connectivity index (χ0) is 32.3. The van der Waals surface area contributed by atoms with Crippen molar-refractivity contribution in [2.75, 3.05) is 16.8 Å². The van der Waals surface area contributed by atoms with Crippen molar-refractivity contribution in [3.63, 3.8) is 0 Å². The van der Waals surface area contributed by atoms with Crippen LogP contribution in [0.15, 0.2) is 158 Å². The van der Waals surface area contributed by atoms with Crippen molar-refractivity contribution in [2.24, 2.45) is 5.73 Å². The fourth-order valence-electron chi connectivity index (χ4n) is 7.54. The quantitative estimate of drug-likeness (QED) is 0.214. The average Bonchev–Trinajstić information content (AvgIpc) is 3.33. The largest absolute Gasteiger partial charge is 0.397 e. The summed E-state index contributed by atoms with van der Waals surface area (Å²) in [5.74, 6) is 0. The number of rotatable bonds is 5. The molecule has 0 saturated heterocycles. The SMILES string of the molecule is C=C1C=CC=CN1C1=C(N)c2ccccc2N(C)C1c1ccc(N(c2cccnc2)c2ccc3c(c2)C(C)(C)c2ccccc2-3)cc1. The van der Waals surface area contributed by atoms with Gasteiger partial charge in [0, 0.05) is 53.2 Å². The lowest BCUT2D eigenvalue weighted by Crippen LogP contribution is -2.37. The summed E-state index contributed by atoms with van der Waals surface area (Å²) >= 11 is 0. The Labute approximate surface area is 276 Å². The highest BCUT2D eigenvalue weighted by molar-refractivity contribution is 5.86. The number of nitrogens with two attached hydrogens (primary N) is 1. The number of benzene rings is 4. The highest BCUT2D eigenvalue weighted by Crippen LogP contribution is 2.51. The standard InChI is InChI=1S/C42H37N5/c1-28-12-9-10-25-46(28)41-39(43)35-15-6-8-17-38(35)45(4)40(41)29-18-20-30(21-19-29)47(32-13-11-24-44-27-32)31-22-23-34-33-14-5-7-16-36(33)42(2,3)37(34)26-31/h5-27,40H,1,43H2,2-4H3. The summed E-state index contributed by atoms with van der Waals surface area (Å²) in [6.45, 7) is 8.98. The van der Waals surface area contributed by atoms with Gasteiger partial charge in [0.25, 0.3) is 0 Å². The van der Waals surface area contributed by atoms with Gasteiger partial charge in [0.05, 0.1) is 29.3 Å². The minimum absolute atomic E-state index is 0.0982. The summed E-state index contributed by atoms with van der Waals surface area (Å²) in [6.07, 6.45) is 11.8. The van der Waals surface area contributed by atoms with E-state index in [9.17, 15) is 0 Å². The van der Waals surface area contributed by atoms with Crippen LogP contribution in [-0.2, 0) is 5.41 Å². The van der Waals surface area contributed by atoms with Crippen molar-refractivity contribution in [3.05, 3.63) is 180 Å². The van der Waals surface area contributed by atoms with E-state index in [1.165, 1.54) is 22.3 Å². The van der Waals surface area contributed by atoms with Crippen LogP contribution in [-0.4, -0.2) is 16.9 Å². The lowest BCUT2D eigenvalue weighted by molar-refractivity contribution is 0.516. The lowest BCUT2D eigenvalue weighted by Gasteiger charge is -2.42. The monoisotopic (exact) mass is 611 g/mol. The predicted molar refractivity (Wildman–Crippen MR) is 194 cm³/mol. The fourth-order valence-corrected chi connectivity index (χ4v) is 7.54. The Balaban J connectivity index is 1.23.